The number of aliphatic hydroxyl groups excluding tert-OH is 1. The molecule has 0 amide bonds. The third-order valence-corrected chi connectivity index (χ3v) is 2.93. The summed E-state index contributed by atoms with van der Waals surface area (Å²) >= 11 is 0. The molecule has 0 radical (unpaired) electrons. The van der Waals surface area contributed by atoms with E-state index in [0.29, 0.717) is 13.0 Å². The average Bonchev–Trinajstić information content (AvgIpc) is 2.66. The van der Waals surface area contributed by atoms with E-state index >= 15 is 0 Å². The molecule has 0 saturated carbocycles. The zero-order chi connectivity index (χ0) is 12.5. The van der Waals surface area contributed by atoms with Crippen LogP contribution in [0.5, 0.6) is 0 Å². The molecule has 1 rings (SSSR count). The topological polar surface area (TPSA) is 47.9 Å². The van der Waals surface area contributed by atoms with Crippen LogP contribution in [0.4, 0.5) is 0 Å². The molecule has 1 fully saturated rings. The Morgan fingerprint density at radius 2 is 1.88 bits per heavy atom. The van der Waals surface area contributed by atoms with Crippen LogP contribution in [0.25, 0.3) is 0 Å². The number of hydrogen-bond donors (Lipinski definition) is 1. The van der Waals surface area contributed by atoms with Crippen molar-refractivity contribution >= 4 is 0 Å². The predicted octanol–water partition coefficient (Wildman–Crippen LogP) is 2.10. The maximum atomic E-state index is 9.47. The summed E-state index contributed by atoms with van der Waals surface area (Å²) in [6.45, 7) is 6.29. The Morgan fingerprint density at radius 3 is 2.59 bits per heavy atom. The lowest BCUT2D eigenvalue weighted by atomic mass is 10.2. The molecule has 0 bridgehead atoms. The van der Waals surface area contributed by atoms with Crippen LogP contribution in [-0.4, -0.2) is 43.4 Å². The highest BCUT2D eigenvalue weighted by Crippen LogP contribution is 2.22. The van der Waals surface area contributed by atoms with Crippen LogP contribution in [0.3, 0.4) is 0 Å². The fourth-order valence-electron chi connectivity index (χ4n) is 1.84. The molecule has 1 heterocycles. The Labute approximate surface area is 104 Å². The van der Waals surface area contributed by atoms with Crippen molar-refractivity contribution in [2.75, 3.05) is 19.8 Å². The van der Waals surface area contributed by atoms with Crippen LogP contribution in [0.1, 0.15) is 46.0 Å². The Kier molecular flexibility index (Phi) is 7.77. The molecular weight excluding hydrogens is 220 g/mol. The van der Waals surface area contributed by atoms with E-state index in [1.807, 2.05) is 0 Å². The summed E-state index contributed by atoms with van der Waals surface area (Å²) in [5.41, 5.74) is 0. The Balaban J connectivity index is 2.19. The van der Waals surface area contributed by atoms with E-state index in [1.54, 1.807) is 0 Å². The largest absolute Gasteiger partial charge is 0.379 e. The van der Waals surface area contributed by atoms with Gasteiger partial charge in [0.25, 0.3) is 0 Å². The Morgan fingerprint density at radius 1 is 1.18 bits per heavy atom. The zero-order valence-electron chi connectivity index (χ0n) is 11.1. The summed E-state index contributed by atoms with van der Waals surface area (Å²) < 4.78 is 16.6. The van der Waals surface area contributed by atoms with Crippen LogP contribution >= 0.6 is 0 Å². The first-order valence-electron chi connectivity index (χ1n) is 6.80. The molecule has 102 valence electrons. The van der Waals surface area contributed by atoms with Gasteiger partial charge < -0.3 is 19.3 Å². The number of unbranched alkanes of at least 4 members (excludes halogenated alkanes) is 2. The summed E-state index contributed by atoms with van der Waals surface area (Å²) in [6, 6.07) is 0. The van der Waals surface area contributed by atoms with Gasteiger partial charge in [-0.05, 0) is 12.8 Å². The van der Waals surface area contributed by atoms with Crippen molar-refractivity contribution < 1.29 is 19.3 Å². The van der Waals surface area contributed by atoms with Gasteiger partial charge in [0.05, 0.1) is 12.7 Å². The second-order valence-corrected chi connectivity index (χ2v) is 4.56. The first kappa shape index (κ1) is 14.9. The molecule has 0 aromatic rings. The van der Waals surface area contributed by atoms with Crippen LogP contribution in [0.2, 0.25) is 0 Å². The Bertz CT molecular complexity index is 186. The van der Waals surface area contributed by atoms with Crippen LogP contribution in [-0.2, 0) is 14.2 Å². The molecule has 17 heavy (non-hydrogen) atoms. The number of ether oxygens (including phenoxy) is 3. The zero-order valence-corrected chi connectivity index (χ0v) is 11.1. The first-order valence-corrected chi connectivity index (χ1v) is 6.80. The van der Waals surface area contributed by atoms with E-state index in [-0.39, 0.29) is 12.2 Å². The molecule has 0 aliphatic carbocycles. The molecule has 4 nitrogen and oxygen atoms in total. The highest BCUT2D eigenvalue weighted by molar-refractivity contribution is 4.79. The van der Waals surface area contributed by atoms with Gasteiger partial charge in [-0.25, -0.2) is 0 Å². The minimum Gasteiger partial charge on any atom is -0.379 e. The third kappa shape index (κ3) is 5.82. The van der Waals surface area contributed by atoms with Gasteiger partial charge in [-0.3, -0.25) is 0 Å². The average molecular weight is 246 g/mol. The number of aliphatic hydroxyl groups is 1. The molecule has 1 aliphatic rings. The van der Waals surface area contributed by atoms with Gasteiger partial charge in [0.2, 0.25) is 0 Å². The number of rotatable bonds is 9. The van der Waals surface area contributed by atoms with Crippen LogP contribution < -0.4 is 0 Å². The SMILES string of the molecule is CCCCOC[C@H]1O[C@H](O)C[C@@H]1OCCCC. The summed E-state index contributed by atoms with van der Waals surface area (Å²) in [6.07, 6.45) is 4.11. The number of hydrogen-bond acceptors (Lipinski definition) is 4. The molecule has 0 aromatic carbocycles. The summed E-state index contributed by atoms with van der Waals surface area (Å²) in [7, 11) is 0. The van der Waals surface area contributed by atoms with E-state index in [2.05, 4.69) is 13.8 Å². The minimum atomic E-state index is -0.693. The normalized spacial score (nSPS) is 28.8. The van der Waals surface area contributed by atoms with Gasteiger partial charge in [0.1, 0.15) is 6.10 Å². The predicted molar refractivity (Wildman–Crippen MR) is 65.9 cm³/mol. The maximum absolute atomic E-state index is 9.47. The lowest BCUT2D eigenvalue weighted by Crippen LogP contribution is -2.29. The van der Waals surface area contributed by atoms with Crippen molar-refractivity contribution in [3.63, 3.8) is 0 Å². The van der Waals surface area contributed by atoms with E-state index in [9.17, 15) is 5.11 Å². The van der Waals surface area contributed by atoms with Crippen molar-refractivity contribution in [1.29, 1.82) is 0 Å². The highest BCUT2D eigenvalue weighted by Gasteiger charge is 2.34. The van der Waals surface area contributed by atoms with E-state index in [0.717, 1.165) is 38.9 Å². The van der Waals surface area contributed by atoms with Crippen molar-refractivity contribution in [2.24, 2.45) is 0 Å². The monoisotopic (exact) mass is 246 g/mol. The van der Waals surface area contributed by atoms with Gasteiger partial charge in [-0.2, -0.15) is 0 Å². The van der Waals surface area contributed by atoms with Crippen LogP contribution in [0, 0.1) is 0 Å². The second-order valence-electron chi connectivity index (χ2n) is 4.56. The standard InChI is InChI=1S/C13H26O4/c1-3-5-7-15-10-12-11(9-13(14)17-12)16-8-6-4-2/h11-14H,3-10H2,1-2H3/t11-,12+,13-/m0/s1. The smallest absolute Gasteiger partial charge is 0.157 e. The van der Waals surface area contributed by atoms with Gasteiger partial charge in [0, 0.05) is 19.6 Å². The van der Waals surface area contributed by atoms with Crippen molar-refractivity contribution in [3.05, 3.63) is 0 Å². The Hall–Kier alpha value is -0.160. The molecule has 0 unspecified atom stereocenters. The molecule has 1 aliphatic heterocycles. The second kappa shape index (κ2) is 8.86. The summed E-state index contributed by atoms with van der Waals surface area (Å²) in [5, 5.41) is 9.47. The van der Waals surface area contributed by atoms with Crippen LogP contribution in [0.15, 0.2) is 0 Å². The quantitative estimate of drug-likeness (QED) is 0.633. The van der Waals surface area contributed by atoms with E-state index < -0.39 is 6.29 Å². The molecule has 3 atom stereocenters. The lowest BCUT2D eigenvalue weighted by molar-refractivity contribution is -0.120. The fraction of sp³-hybridized carbons (Fsp3) is 1.00. The molecule has 0 aromatic heterocycles. The molecular formula is C13H26O4. The summed E-state index contributed by atoms with van der Waals surface area (Å²) in [4.78, 5) is 0. The third-order valence-electron chi connectivity index (χ3n) is 2.93. The van der Waals surface area contributed by atoms with E-state index in [4.69, 9.17) is 14.2 Å². The van der Waals surface area contributed by atoms with Crippen molar-refractivity contribution in [2.45, 2.75) is 64.4 Å². The minimum absolute atomic E-state index is 0.0156. The fourth-order valence-corrected chi connectivity index (χ4v) is 1.84. The van der Waals surface area contributed by atoms with Gasteiger partial charge >= 0.3 is 0 Å². The molecule has 4 heteroatoms. The maximum Gasteiger partial charge on any atom is 0.157 e. The van der Waals surface area contributed by atoms with Crippen molar-refractivity contribution in [1.82, 2.24) is 0 Å². The van der Waals surface area contributed by atoms with Crippen molar-refractivity contribution in [3.8, 4) is 0 Å². The van der Waals surface area contributed by atoms with Gasteiger partial charge in [0.15, 0.2) is 6.29 Å². The lowest BCUT2D eigenvalue weighted by Gasteiger charge is -2.18. The molecule has 1 N–H and O–H groups in total. The van der Waals surface area contributed by atoms with E-state index in [1.165, 1.54) is 0 Å². The highest BCUT2D eigenvalue weighted by atomic mass is 16.6. The van der Waals surface area contributed by atoms with Gasteiger partial charge in [-0.15, -0.1) is 0 Å². The first-order chi connectivity index (χ1) is 8.27. The molecule has 1 saturated heterocycles. The van der Waals surface area contributed by atoms with Gasteiger partial charge in [-0.1, -0.05) is 26.7 Å². The summed E-state index contributed by atoms with van der Waals surface area (Å²) in [5.74, 6) is 0. The molecule has 0 spiro atoms.